The lowest BCUT2D eigenvalue weighted by Crippen LogP contribution is -2.42. The SMILES string of the molecule is CCSCC(C)(N)CO. The number of aliphatic hydroxyl groups excluding tert-OH is 1. The van der Waals surface area contributed by atoms with Crippen LogP contribution in [0.4, 0.5) is 0 Å². The Balaban J connectivity index is 3.33. The molecule has 0 aromatic carbocycles. The molecule has 0 aliphatic rings. The van der Waals surface area contributed by atoms with Gasteiger partial charge in [0, 0.05) is 11.3 Å². The Labute approximate surface area is 60.8 Å². The minimum Gasteiger partial charge on any atom is -0.394 e. The first kappa shape index (κ1) is 9.27. The Bertz CT molecular complexity index is 75.5. The van der Waals surface area contributed by atoms with Crippen molar-refractivity contribution >= 4 is 11.8 Å². The fraction of sp³-hybridized carbons (Fsp3) is 1.00. The quantitative estimate of drug-likeness (QED) is 0.610. The maximum absolute atomic E-state index is 8.68. The van der Waals surface area contributed by atoms with Crippen LogP contribution in [0, 0.1) is 0 Å². The van der Waals surface area contributed by atoms with Crippen LogP contribution in [0.2, 0.25) is 0 Å². The van der Waals surface area contributed by atoms with Gasteiger partial charge in [-0.1, -0.05) is 6.92 Å². The molecule has 0 heterocycles. The summed E-state index contributed by atoms with van der Waals surface area (Å²) in [6, 6.07) is 0. The molecule has 0 amide bonds. The van der Waals surface area contributed by atoms with Crippen molar-refractivity contribution in [3.8, 4) is 0 Å². The van der Waals surface area contributed by atoms with E-state index < -0.39 is 0 Å². The topological polar surface area (TPSA) is 46.2 Å². The summed E-state index contributed by atoms with van der Waals surface area (Å²) < 4.78 is 0. The molecule has 0 rings (SSSR count). The van der Waals surface area contributed by atoms with Crippen molar-refractivity contribution in [1.29, 1.82) is 0 Å². The second kappa shape index (κ2) is 4.14. The molecule has 0 aliphatic heterocycles. The maximum Gasteiger partial charge on any atom is 0.0616 e. The van der Waals surface area contributed by atoms with Crippen LogP contribution in [0.5, 0.6) is 0 Å². The van der Waals surface area contributed by atoms with Gasteiger partial charge in [0.15, 0.2) is 0 Å². The van der Waals surface area contributed by atoms with Crippen LogP contribution in [-0.2, 0) is 0 Å². The molecule has 1 unspecified atom stereocenters. The minimum absolute atomic E-state index is 0.0694. The Morgan fingerprint density at radius 1 is 1.67 bits per heavy atom. The molecule has 0 bridgehead atoms. The van der Waals surface area contributed by atoms with E-state index in [4.69, 9.17) is 10.8 Å². The summed E-state index contributed by atoms with van der Waals surface area (Å²) in [4.78, 5) is 0. The highest BCUT2D eigenvalue weighted by atomic mass is 32.2. The molecule has 0 aromatic rings. The molecule has 0 aromatic heterocycles. The van der Waals surface area contributed by atoms with Gasteiger partial charge in [-0.25, -0.2) is 0 Å². The largest absolute Gasteiger partial charge is 0.394 e. The lowest BCUT2D eigenvalue weighted by Gasteiger charge is -2.20. The van der Waals surface area contributed by atoms with Gasteiger partial charge in [-0.2, -0.15) is 11.8 Å². The van der Waals surface area contributed by atoms with Crippen molar-refractivity contribution in [3.05, 3.63) is 0 Å². The summed E-state index contributed by atoms with van der Waals surface area (Å²) in [5.74, 6) is 1.90. The smallest absolute Gasteiger partial charge is 0.0616 e. The third kappa shape index (κ3) is 4.75. The third-order valence-corrected chi connectivity index (χ3v) is 2.27. The molecule has 9 heavy (non-hydrogen) atoms. The minimum atomic E-state index is -0.388. The number of aliphatic hydroxyl groups is 1. The molecule has 0 aliphatic carbocycles. The van der Waals surface area contributed by atoms with Gasteiger partial charge in [0.2, 0.25) is 0 Å². The zero-order valence-electron chi connectivity index (χ0n) is 6.05. The first-order chi connectivity index (χ1) is 4.12. The van der Waals surface area contributed by atoms with E-state index in [0.717, 1.165) is 11.5 Å². The van der Waals surface area contributed by atoms with Crippen molar-refractivity contribution in [2.75, 3.05) is 18.1 Å². The van der Waals surface area contributed by atoms with E-state index >= 15 is 0 Å². The predicted octanol–water partition coefficient (Wildman–Crippen LogP) is 0.449. The van der Waals surface area contributed by atoms with Crippen molar-refractivity contribution in [2.45, 2.75) is 19.4 Å². The van der Waals surface area contributed by atoms with E-state index in [1.54, 1.807) is 11.8 Å². The molecule has 2 nitrogen and oxygen atoms in total. The summed E-state index contributed by atoms with van der Waals surface area (Å²) in [7, 11) is 0. The molecule has 0 radical (unpaired) electrons. The molecule has 56 valence electrons. The van der Waals surface area contributed by atoms with E-state index in [2.05, 4.69) is 6.92 Å². The maximum atomic E-state index is 8.68. The first-order valence-corrected chi connectivity index (χ1v) is 4.25. The Kier molecular flexibility index (Phi) is 4.27. The molecule has 1 atom stereocenters. The summed E-state index contributed by atoms with van der Waals surface area (Å²) >= 11 is 1.75. The normalized spacial score (nSPS) is 17.3. The van der Waals surface area contributed by atoms with Gasteiger partial charge in [0.1, 0.15) is 0 Å². The number of hydrogen-bond donors (Lipinski definition) is 2. The van der Waals surface area contributed by atoms with Gasteiger partial charge in [0.05, 0.1) is 6.61 Å². The average Bonchev–Trinajstić information content (AvgIpc) is 1.84. The number of hydrogen-bond acceptors (Lipinski definition) is 3. The van der Waals surface area contributed by atoms with Crippen molar-refractivity contribution in [3.63, 3.8) is 0 Å². The molecule has 0 saturated heterocycles. The summed E-state index contributed by atoms with van der Waals surface area (Å²) in [5, 5.41) is 8.68. The Morgan fingerprint density at radius 2 is 2.22 bits per heavy atom. The van der Waals surface area contributed by atoms with E-state index in [-0.39, 0.29) is 12.1 Å². The zero-order chi connectivity index (χ0) is 7.33. The fourth-order valence-corrected chi connectivity index (χ4v) is 1.14. The summed E-state index contributed by atoms with van der Waals surface area (Å²) in [6.07, 6.45) is 0. The van der Waals surface area contributed by atoms with Crippen LogP contribution in [0.15, 0.2) is 0 Å². The predicted molar refractivity (Wildman–Crippen MR) is 42.7 cm³/mol. The van der Waals surface area contributed by atoms with E-state index in [9.17, 15) is 0 Å². The molecular formula is C6H15NOS. The molecule has 3 heteroatoms. The fourth-order valence-electron chi connectivity index (χ4n) is 0.381. The van der Waals surface area contributed by atoms with Gasteiger partial charge in [0.25, 0.3) is 0 Å². The summed E-state index contributed by atoms with van der Waals surface area (Å²) in [5.41, 5.74) is 5.24. The second-order valence-electron chi connectivity index (χ2n) is 2.45. The van der Waals surface area contributed by atoms with Gasteiger partial charge < -0.3 is 10.8 Å². The highest BCUT2D eigenvalue weighted by Crippen LogP contribution is 2.08. The van der Waals surface area contributed by atoms with Crippen LogP contribution in [-0.4, -0.2) is 28.8 Å². The zero-order valence-corrected chi connectivity index (χ0v) is 6.87. The van der Waals surface area contributed by atoms with Crippen molar-refractivity contribution in [1.82, 2.24) is 0 Å². The average molecular weight is 149 g/mol. The van der Waals surface area contributed by atoms with Crippen LogP contribution in [0.3, 0.4) is 0 Å². The lowest BCUT2D eigenvalue weighted by molar-refractivity contribution is 0.224. The number of thioether (sulfide) groups is 1. The molecule has 0 saturated carbocycles. The van der Waals surface area contributed by atoms with E-state index in [0.29, 0.717) is 0 Å². The Morgan fingerprint density at radius 3 is 2.56 bits per heavy atom. The molecule has 0 spiro atoms. The number of nitrogens with two attached hydrogens (primary N) is 1. The third-order valence-electron chi connectivity index (χ3n) is 0.997. The van der Waals surface area contributed by atoms with Crippen LogP contribution in [0.1, 0.15) is 13.8 Å². The molecule has 3 N–H and O–H groups in total. The van der Waals surface area contributed by atoms with E-state index in [1.807, 2.05) is 6.92 Å². The monoisotopic (exact) mass is 149 g/mol. The van der Waals surface area contributed by atoms with Gasteiger partial charge >= 0.3 is 0 Å². The summed E-state index contributed by atoms with van der Waals surface area (Å²) in [6.45, 7) is 4.01. The van der Waals surface area contributed by atoms with Gasteiger partial charge in [-0.05, 0) is 12.7 Å². The van der Waals surface area contributed by atoms with Crippen LogP contribution < -0.4 is 5.73 Å². The Hall–Kier alpha value is 0.270. The second-order valence-corrected chi connectivity index (χ2v) is 3.72. The standard InChI is InChI=1S/C6H15NOS/c1-3-9-5-6(2,7)4-8/h8H,3-5,7H2,1-2H3. The van der Waals surface area contributed by atoms with Crippen molar-refractivity contribution < 1.29 is 5.11 Å². The highest BCUT2D eigenvalue weighted by molar-refractivity contribution is 7.99. The highest BCUT2D eigenvalue weighted by Gasteiger charge is 2.15. The first-order valence-electron chi connectivity index (χ1n) is 3.10. The number of rotatable bonds is 4. The van der Waals surface area contributed by atoms with Gasteiger partial charge in [-0.15, -0.1) is 0 Å². The van der Waals surface area contributed by atoms with Crippen LogP contribution >= 0.6 is 11.8 Å². The van der Waals surface area contributed by atoms with Crippen LogP contribution in [0.25, 0.3) is 0 Å². The van der Waals surface area contributed by atoms with Crippen molar-refractivity contribution in [2.24, 2.45) is 5.73 Å². The van der Waals surface area contributed by atoms with E-state index in [1.165, 1.54) is 0 Å². The van der Waals surface area contributed by atoms with Gasteiger partial charge in [-0.3, -0.25) is 0 Å². The lowest BCUT2D eigenvalue weighted by atomic mass is 10.1. The molecule has 0 fully saturated rings. The molecular weight excluding hydrogens is 134 g/mol.